The van der Waals surface area contributed by atoms with Crippen molar-refractivity contribution in [2.24, 2.45) is 10.8 Å². The van der Waals surface area contributed by atoms with E-state index in [0.717, 1.165) is 37.2 Å². The fraction of sp³-hybridized carbons (Fsp3) is 0.621. The Morgan fingerprint density at radius 3 is 1.88 bits per heavy atom. The maximum atomic E-state index is 13.7. The normalized spacial score (nSPS) is 24.9. The second-order valence-corrected chi connectivity index (χ2v) is 12.0. The highest BCUT2D eigenvalue weighted by atomic mass is 16.5. The van der Waals surface area contributed by atoms with Crippen LogP contribution in [0.5, 0.6) is 0 Å². The van der Waals surface area contributed by atoms with E-state index in [1.54, 1.807) is 0 Å². The highest BCUT2D eigenvalue weighted by Gasteiger charge is 2.65. The number of hydrogen-bond acceptors (Lipinski definition) is 5. The summed E-state index contributed by atoms with van der Waals surface area (Å²) < 4.78 is 6.39. The average Bonchev–Trinajstić information content (AvgIpc) is 3.07. The fourth-order valence-electron chi connectivity index (χ4n) is 6.12. The first-order chi connectivity index (χ1) is 15.9. The molecule has 1 atom stereocenters. The number of ketones is 3. The van der Waals surface area contributed by atoms with Gasteiger partial charge in [0.25, 0.3) is 0 Å². The largest absolute Gasteiger partial charge is 0.474 e. The highest BCUT2D eigenvalue weighted by Crippen LogP contribution is 2.57. The van der Waals surface area contributed by atoms with Gasteiger partial charge in [0.2, 0.25) is 5.60 Å². The number of ether oxygens (including phenoxy) is 1. The molecule has 4 rings (SSSR count). The first-order valence-corrected chi connectivity index (χ1v) is 12.8. The van der Waals surface area contributed by atoms with Crippen molar-refractivity contribution in [2.75, 3.05) is 18.0 Å². The molecule has 3 aliphatic rings. The van der Waals surface area contributed by atoms with Gasteiger partial charge in [0.05, 0.1) is 5.92 Å². The third-order valence-corrected chi connectivity index (χ3v) is 7.54. The van der Waals surface area contributed by atoms with Crippen molar-refractivity contribution in [3.8, 4) is 0 Å². The number of benzene rings is 1. The van der Waals surface area contributed by atoms with Crippen LogP contribution in [0.4, 0.5) is 5.69 Å². The summed E-state index contributed by atoms with van der Waals surface area (Å²) in [6, 6.07) is 8.11. The minimum Gasteiger partial charge on any atom is -0.474 e. The number of hydrogen-bond donors (Lipinski definition) is 0. The topological polar surface area (TPSA) is 63.7 Å². The number of nitrogens with zero attached hydrogens (tertiary/aromatic N) is 1. The van der Waals surface area contributed by atoms with Crippen molar-refractivity contribution >= 4 is 23.0 Å². The van der Waals surface area contributed by atoms with Crippen molar-refractivity contribution in [2.45, 2.75) is 91.6 Å². The minimum absolute atomic E-state index is 0.00114. The molecule has 0 aromatic heterocycles. The number of allylic oxidation sites excluding steroid dienone is 1. The molecule has 0 radical (unpaired) electrons. The van der Waals surface area contributed by atoms with Gasteiger partial charge in [-0.2, -0.15) is 0 Å². The molecule has 2 aliphatic carbocycles. The summed E-state index contributed by atoms with van der Waals surface area (Å²) in [5.74, 6) is -0.499. The summed E-state index contributed by atoms with van der Waals surface area (Å²) >= 11 is 0. The van der Waals surface area contributed by atoms with Gasteiger partial charge in [0, 0.05) is 50.0 Å². The van der Waals surface area contributed by atoms with Crippen LogP contribution >= 0.6 is 0 Å². The van der Waals surface area contributed by atoms with Crippen LogP contribution in [0, 0.1) is 10.8 Å². The molecule has 0 amide bonds. The van der Waals surface area contributed by atoms with E-state index in [1.165, 1.54) is 0 Å². The Balaban J connectivity index is 1.81. The van der Waals surface area contributed by atoms with E-state index < -0.39 is 16.9 Å². The summed E-state index contributed by atoms with van der Waals surface area (Å²) in [5, 5.41) is 0. The first-order valence-electron chi connectivity index (χ1n) is 12.8. The van der Waals surface area contributed by atoms with Gasteiger partial charge in [-0.15, -0.1) is 0 Å². The van der Waals surface area contributed by atoms with Gasteiger partial charge in [-0.05, 0) is 41.4 Å². The molecule has 0 unspecified atom stereocenters. The predicted octanol–water partition coefficient (Wildman–Crippen LogP) is 5.77. The Morgan fingerprint density at radius 2 is 1.35 bits per heavy atom. The number of rotatable bonds is 6. The Labute approximate surface area is 203 Å². The Bertz CT molecular complexity index is 1000. The summed E-state index contributed by atoms with van der Waals surface area (Å²) in [4.78, 5) is 43.2. The smallest absolute Gasteiger partial charge is 0.234 e. The van der Waals surface area contributed by atoms with Gasteiger partial charge in [0.1, 0.15) is 5.76 Å². The zero-order valence-corrected chi connectivity index (χ0v) is 21.6. The monoisotopic (exact) mass is 465 g/mol. The maximum Gasteiger partial charge on any atom is 0.234 e. The average molecular weight is 466 g/mol. The molecule has 0 N–H and O–H groups in total. The predicted molar refractivity (Wildman–Crippen MR) is 134 cm³/mol. The molecule has 1 aromatic rings. The third kappa shape index (κ3) is 4.12. The van der Waals surface area contributed by atoms with Gasteiger partial charge in [-0.1, -0.05) is 53.7 Å². The molecule has 5 nitrogen and oxygen atoms in total. The Hall–Kier alpha value is -2.43. The molecule has 1 fully saturated rings. The van der Waals surface area contributed by atoms with Crippen LogP contribution in [0.15, 0.2) is 35.6 Å². The molecule has 1 spiro atoms. The molecular formula is C29H39NO4. The maximum absolute atomic E-state index is 13.7. The third-order valence-electron chi connectivity index (χ3n) is 7.54. The van der Waals surface area contributed by atoms with Crippen LogP contribution in [-0.4, -0.2) is 36.0 Å². The molecule has 1 aromatic carbocycles. The lowest BCUT2D eigenvalue weighted by atomic mass is 9.61. The molecule has 34 heavy (non-hydrogen) atoms. The van der Waals surface area contributed by atoms with Crippen LogP contribution in [0.25, 0.3) is 0 Å². The number of carbonyl (C=O) groups is 3. The van der Waals surface area contributed by atoms with Gasteiger partial charge in [-0.25, -0.2) is 0 Å². The number of anilines is 1. The molecule has 1 saturated carbocycles. The standard InChI is InChI=1S/C29H39NO4/c1-7-13-30(14-8-2)20-11-9-19(10-12-20)26-25-21(31)15-27(3,4)16-22(25)34-29(26)23(32)17-28(5,6)18-24(29)33/h9-12,26H,7-8,13-18H2,1-6H3/t26-/m0/s1. The van der Waals surface area contributed by atoms with Gasteiger partial charge < -0.3 is 9.64 Å². The molecule has 1 aliphatic heterocycles. The molecule has 184 valence electrons. The second-order valence-electron chi connectivity index (χ2n) is 12.0. The van der Waals surface area contributed by atoms with Crippen molar-refractivity contribution < 1.29 is 19.1 Å². The first kappa shape index (κ1) is 24.7. The van der Waals surface area contributed by atoms with Crippen LogP contribution in [0.3, 0.4) is 0 Å². The lowest BCUT2D eigenvalue weighted by Crippen LogP contribution is -2.57. The minimum atomic E-state index is -1.61. The Morgan fingerprint density at radius 1 is 0.824 bits per heavy atom. The van der Waals surface area contributed by atoms with Crippen molar-refractivity contribution in [1.29, 1.82) is 0 Å². The van der Waals surface area contributed by atoms with E-state index in [1.807, 2.05) is 39.8 Å². The summed E-state index contributed by atoms with van der Waals surface area (Å²) in [7, 11) is 0. The lowest BCUT2D eigenvalue weighted by molar-refractivity contribution is -0.160. The second kappa shape index (κ2) is 8.66. The molecular weight excluding hydrogens is 426 g/mol. The molecule has 0 bridgehead atoms. The Kier molecular flexibility index (Phi) is 6.28. The van der Waals surface area contributed by atoms with E-state index in [4.69, 9.17) is 4.74 Å². The van der Waals surface area contributed by atoms with Crippen molar-refractivity contribution in [3.63, 3.8) is 0 Å². The SMILES string of the molecule is CCCN(CCC)c1ccc([C@H]2C3=C(CC(C)(C)CC3=O)OC23C(=O)CC(C)(C)CC3=O)cc1. The van der Waals surface area contributed by atoms with Gasteiger partial charge >= 0.3 is 0 Å². The van der Waals surface area contributed by atoms with Gasteiger partial charge in [-0.3, -0.25) is 14.4 Å². The molecule has 5 heteroatoms. The zero-order chi connectivity index (χ0) is 24.9. The summed E-state index contributed by atoms with van der Waals surface area (Å²) in [6.45, 7) is 14.3. The fourth-order valence-corrected chi connectivity index (χ4v) is 6.12. The molecule has 1 heterocycles. The number of carbonyl (C=O) groups excluding carboxylic acids is 3. The van der Waals surface area contributed by atoms with Gasteiger partial charge in [0.15, 0.2) is 17.3 Å². The van der Waals surface area contributed by atoms with E-state index in [9.17, 15) is 14.4 Å². The van der Waals surface area contributed by atoms with E-state index in [-0.39, 0.29) is 35.6 Å². The number of Topliss-reactive ketones (excluding diaryl/α,β-unsaturated/α-hetero) is 3. The quantitative estimate of drug-likeness (QED) is 0.499. The van der Waals surface area contributed by atoms with E-state index in [0.29, 0.717) is 24.2 Å². The van der Waals surface area contributed by atoms with Crippen LogP contribution < -0.4 is 4.90 Å². The van der Waals surface area contributed by atoms with E-state index >= 15 is 0 Å². The molecule has 0 saturated heterocycles. The lowest BCUT2D eigenvalue weighted by Gasteiger charge is -2.41. The van der Waals surface area contributed by atoms with Crippen LogP contribution in [0.1, 0.15) is 91.5 Å². The summed E-state index contributed by atoms with van der Waals surface area (Å²) in [5.41, 5.74) is 0.225. The van der Waals surface area contributed by atoms with Crippen molar-refractivity contribution in [1.82, 2.24) is 0 Å². The summed E-state index contributed by atoms with van der Waals surface area (Å²) in [6.07, 6.45) is 3.61. The zero-order valence-electron chi connectivity index (χ0n) is 21.6. The van der Waals surface area contributed by atoms with Crippen LogP contribution in [-0.2, 0) is 19.1 Å². The highest BCUT2D eigenvalue weighted by molar-refractivity contribution is 6.17. The van der Waals surface area contributed by atoms with E-state index in [2.05, 4.69) is 30.9 Å². The van der Waals surface area contributed by atoms with Crippen LogP contribution in [0.2, 0.25) is 0 Å². The van der Waals surface area contributed by atoms with Crippen molar-refractivity contribution in [3.05, 3.63) is 41.2 Å².